The quantitative estimate of drug-likeness (QED) is 0.595. The summed E-state index contributed by atoms with van der Waals surface area (Å²) in [5.41, 5.74) is 7.35. The van der Waals surface area contributed by atoms with Gasteiger partial charge in [-0.1, -0.05) is 30.3 Å². The van der Waals surface area contributed by atoms with Gasteiger partial charge in [0.05, 0.1) is 6.10 Å². The predicted molar refractivity (Wildman–Crippen MR) is 135 cm³/mol. The molecule has 4 fully saturated rings. The van der Waals surface area contributed by atoms with Gasteiger partial charge in [0.2, 0.25) is 11.8 Å². The lowest BCUT2D eigenvalue weighted by atomic mass is 9.90. The van der Waals surface area contributed by atoms with Gasteiger partial charge < -0.3 is 20.7 Å². The first-order chi connectivity index (χ1) is 17.1. The number of hydrogen-bond acceptors (Lipinski definition) is 5. The van der Waals surface area contributed by atoms with Gasteiger partial charge in [-0.3, -0.25) is 14.5 Å². The van der Waals surface area contributed by atoms with Crippen molar-refractivity contribution in [3.63, 3.8) is 0 Å². The summed E-state index contributed by atoms with van der Waals surface area (Å²) in [5, 5.41) is 3.30. The number of piperidine rings is 1. The van der Waals surface area contributed by atoms with E-state index in [2.05, 4.69) is 34.5 Å². The Labute approximate surface area is 209 Å². The van der Waals surface area contributed by atoms with Crippen LogP contribution in [0.25, 0.3) is 0 Å². The van der Waals surface area contributed by atoms with Gasteiger partial charge in [0.25, 0.3) is 0 Å². The molecule has 0 radical (unpaired) electrons. The Balaban J connectivity index is 1.30. The lowest BCUT2D eigenvalue weighted by Crippen LogP contribution is -2.59. The minimum atomic E-state index is -0.389. The molecule has 2 heterocycles. The van der Waals surface area contributed by atoms with Crippen molar-refractivity contribution in [3.05, 3.63) is 35.9 Å². The summed E-state index contributed by atoms with van der Waals surface area (Å²) >= 11 is 0. The number of hydrogen-bond donors (Lipinski definition) is 2. The third kappa shape index (κ3) is 6.43. The minimum absolute atomic E-state index is 0.0287. The molecule has 2 aliphatic heterocycles. The Morgan fingerprint density at radius 2 is 1.80 bits per heavy atom. The molecule has 0 aromatic heterocycles. The number of rotatable bonds is 8. The first-order valence-corrected chi connectivity index (χ1v) is 13.8. The van der Waals surface area contributed by atoms with E-state index >= 15 is 0 Å². The normalized spacial score (nSPS) is 31.5. The van der Waals surface area contributed by atoms with Crippen LogP contribution in [0, 0.1) is 5.92 Å². The molecule has 7 heteroatoms. The van der Waals surface area contributed by atoms with Crippen LogP contribution in [0.5, 0.6) is 0 Å². The number of nitrogens with one attached hydrogen (secondary N) is 1. The van der Waals surface area contributed by atoms with Crippen LogP contribution in [-0.2, 0) is 20.9 Å². The van der Waals surface area contributed by atoms with Gasteiger partial charge in [0.15, 0.2) is 0 Å². The molecule has 4 aliphatic rings. The first-order valence-electron chi connectivity index (χ1n) is 13.8. The number of ether oxygens (including phenoxy) is 1. The van der Waals surface area contributed by atoms with Crippen LogP contribution < -0.4 is 11.1 Å². The number of nitrogens with two attached hydrogens (primary N) is 1. The highest BCUT2D eigenvalue weighted by Gasteiger charge is 2.43. The van der Waals surface area contributed by atoms with Gasteiger partial charge in [0.1, 0.15) is 6.04 Å². The van der Waals surface area contributed by atoms with E-state index in [0.717, 1.165) is 77.5 Å². The zero-order valence-electron chi connectivity index (χ0n) is 20.9. The van der Waals surface area contributed by atoms with Crippen molar-refractivity contribution in [3.8, 4) is 0 Å². The molecule has 2 amide bonds. The summed E-state index contributed by atoms with van der Waals surface area (Å²) in [6.07, 6.45) is 9.76. The average molecular weight is 483 g/mol. The van der Waals surface area contributed by atoms with E-state index in [9.17, 15) is 9.59 Å². The van der Waals surface area contributed by atoms with Crippen LogP contribution in [0.4, 0.5) is 0 Å². The van der Waals surface area contributed by atoms with Gasteiger partial charge >= 0.3 is 0 Å². The van der Waals surface area contributed by atoms with E-state index in [0.29, 0.717) is 13.0 Å². The molecule has 1 aromatic carbocycles. The van der Waals surface area contributed by atoms with Crippen LogP contribution >= 0.6 is 0 Å². The van der Waals surface area contributed by atoms with Crippen molar-refractivity contribution in [2.45, 2.75) is 101 Å². The number of amides is 2. The second-order valence-corrected chi connectivity index (χ2v) is 11.2. The molecule has 1 aromatic rings. The molecule has 7 nitrogen and oxygen atoms in total. The fourth-order valence-electron chi connectivity index (χ4n) is 6.13. The standard InChI is InChI=1S/C28H42N4O3/c29-22-10-12-23(13-11-22)30-27(33)26-17-24(14-15-32(26)28(34)21-8-9-21)31(19-25-7-4-16-35-25)18-20-5-2-1-3-6-20/h1-3,5-6,21-26H,4,7-19,29H2,(H,30,33)/t22?,23?,24?,25?,26-/m1/s1. The lowest BCUT2D eigenvalue weighted by molar-refractivity contribution is -0.145. The first kappa shape index (κ1) is 24.7. The maximum absolute atomic E-state index is 13.6. The minimum Gasteiger partial charge on any atom is -0.377 e. The van der Waals surface area contributed by atoms with Gasteiger partial charge in [-0.2, -0.15) is 0 Å². The Morgan fingerprint density at radius 1 is 1.03 bits per heavy atom. The highest BCUT2D eigenvalue weighted by molar-refractivity contribution is 5.89. The summed E-state index contributed by atoms with van der Waals surface area (Å²) in [6.45, 7) is 3.22. The molecular formula is C28H42N4O3. The number of benzene rings is 1. The van der Waals surface area contributed by atoms with Crippen LogP contribution in [0.15, 0.2) is 30.3 Å². The van der Waals surface area contributed by atoms with Gasteiger partial charge in [-0.25, -0.2) is 0 Å². The largest absolute Gasteiger partial charge is 0.377 e. The molecule has 0 bridgehead atoms. The monoisotopic (exact) mass is 482 g/mol. The molecule has 3 atom stereocenters. The molecule has 5 rings (SSSR count). The van der Waals surface area contributed by atoms with E-state index in [-0.39, 0.29) is 48.0 Å². The Bertz CT molecular complexity index is 847. The molecule has 2 saturated heterocycles. The Hall–Kier alpha value is -1.96. The van der Waals surface area contributed by atoms with Crippen LogP contribution in [0.1, 0.15) is 69.8 Å². The molecule has 2 unspecified atom stereocenters. The molecule has 0 spiro atoms. The average Bonchev–Trinajstić information content (AvgIpc) is 3.61. The second-order valence-electron chi connectivity index (χ2n) is 11.2. The van der Waals surface area contributed by atoms with Gasteiger partial charge in [0, 0.05) is 50.3 Å². The summed E-state index contributed by atoms with van der Waals surface area (Å²) in [7, 11) is 0. The van der Waals surface area contributed by atoms with Crippen molar-refractivity contribution >= 4 is 11.8 Å². The highest BCUT2D eigenvalue weighted by atomic mass is 16.5. The fraction of sp³-hybridized carbons (Fsp3) is 0.714. The van der Waals surface area contributed by atoms with Crippen LogP contribution in [-0.4, -0.2) is 71.6 Å². The maximum atomic E-state index is 13.6. The number of likely N-dealkylation sites (tertiary alicyclic amines) is 1. The van der Waals surface area contributed by atoms with E-state index in [1.54, 1.807) is 0 Å². The van der Waals surface area contributed by atoms with Crippen molar-refractivity contribution in [2.75, 3.05) is 19.7 Å². The van der Waals surface area contributed by atoms with E-state index < -0.39 is 0 Å². The highest BCUT2D eigenvalue weighted by Crippen LogP contribution is 2.35. The van der Waals surface area contributed by atoms with E-state index in [1.165, 1.54) is 5.56 Å². The van der Waals surface area contributed by atoms with E-state index in [4.69, 9.17) is 10.5 Å². The zero-order valence-corrected chi connectivity index (χ0v) is 20.9. The summed E-state index contributed by atoms with van der Waals surface area (Å²) in [5.74, 6) is 0.339. The number of carbonyl (C=O) groups excluding carboxylic acids is 2. The zero-order chi connectivity index (χ0) is 24.2. The van der Waals surface area contributed by atoms with Crippen molar-refractivity contribution in [1.82, 2.24) is 15.1 Å². The molecule has 2 aliphatic carbocycles. The van der Waals surface area contributed by atoms with Crippen LogP contribution in [0.3, 0.4) is 0 Å². The Kier molecular flexibility index (Phi) is 8.05. The summed E-state index contributed by atoms with van der Waals surface area (Å²) < 4.78 is 6.00. The molecular weight excluding hydrogens is 440 g/mol. The van der Waals surface area contributed by atoms with Crippen molar-refractivity contribution in [2.24, 2.45) is 11.7 Å². The third-order valence-corrected chi connectivity index (χ3v) is 8.41. The smallest absolute Gasteiger partial charge is 0.243 e. The van der Waals surface area contributed by atoms with E-state index in [1.807, 2.05) is 11.0 Å². The number of nitrogens with zero attached hydrogens (tertiary/aromatic N) is 2. The maximum Gasteiger partial charge on any atom is 0.243 e. The number of carbonyl (C=O) groups is 2. The lowest BCUT2D eigenvalue weighted by Gasteiger charge is -2.44. The van der Waals surface area contributed by atoms with Crippen molar-refractivity contribution < 1.29 is 14.3 Å². The van der Waals surface area contributed by atoms with Gasteiger partial charge in [-0.05, 0) is 69.8 Å². The Morgan fingerprint density at radius 3 is 2.49 bits per heavy atom. The topological polar surface area (TPSA) is 87.9 Å². The second kappa shape index (κ2) is 11.4. The SMILES string of the molecule is NC1CCC(NC(=O)[C@H]2CC(N(Cc3ccccc3)CC3CCCO3)CCN2C(=O)C2CC2)CC1. The van der Waals surface area contributed by atoms with Crippen LogP contribution in [0.2, 0.25) is 0 Å². The third-order valence-electron chi connectivity index (χ3n) is 8.41. The summed E-state index contributed by atoms with van der Waals surface area (Å²) in [4.78, 5) is 31.2. The predicted octanol–water partition coefficient (Wildman–Crippen LogP) is 2.82. The summed E-state index contributed by atoms with van der Waals surface area (Å²) in [6, 6.07) is 10.9. The molecule has 3 N–H and O–H groups in total. The molecule has 35 heavy (non-hydrogen) atoms. The van der Waals surface area contributed by atoms with Crippen molar-refractivity contribution in [1.29, 1.82) is 0 Å². The van der Waals surface area contributed by atoms with Gasteiger partial charge in [-0.15, -0.1) is 0 Å². The molecule has 192 valence electrons. The fourth-order valence-corrected chi connectivity index (χ4v) is 6.13. The molecule has 2 saturated carbocycles.